The van der Waals surface area contributed by atoms with Crippen LogP contribution in [0.2, 0.25) is 5.02 Å². The second kappa shape index (κ2) is 5.16. The Kier molecular flexibility index (Phi) is 3.52. The van der Waals surface area contributed by atoms with Crippen LogP contribution in [0, 0.1) is 0 Å². The number of hydrogen-bond acceptors (Lipinski definition) is 2. The molecule has 0 unspecified atom stereocenters. The van der Waals surface area contributed by atoms with E-state index in [1.807, 2.05) is 30.3 Å². The van der Waals surface area contributed by atoms with Crippen LogP contribution in [0.4, 0.5) is 0 Å². The highest BCUT2D eigenvalue weighted by molar-refractivity contribution is 9.10. The van der Waals surface area contributed by atoms with Crippen molar-refractivity contribution in [1.82, 2.24) is 0 Å². The molecule has 2 aromatic carbocycles. The van der Waals surface area contributed by atoms with Gasteiger partial charge < -0.3 is 9.84 Å². The van der Waals surface area contributed by atoms with E-state index >= 15 is 0 Å². The fraction of sp³-hybridized carbons (Fsp3) is 0.200. The van der Waals surface area contributed by atoms with Gasteiger partial charge >= 0.3 is 0 Å². The fourth-order valence-electron chi connectivity index (χ4n) is 2.28. The molecule has 4 heteroatoms. The Morgan fingerprint density at radius 3 is 2.89 bits per heavy atom. The van der Waals surface area contributed by atoms with E-state index < -0.39 is 6.10 Å². The highest BCUT2D eigenvalue weighted by Gasteiger charge is 2.18. The van der Waals surface area contributed by atoms with Crippen molar-refractivity contribution < 1.29 is 9.84 Å². The van der Waals surface area contributed by atoms with Crippen LogP contribution in [-0.2, 0) is 6.42 Å². The largest absolute Gasteiger partial charge is 0.493 e. The molecule has 1 atom stereocenters. The smallest absolute Gasteiger partial charge is 0.122 e. The third-order valence-electron chi connectivity index (χ3n) is 3.28. The summed E-state index contributed by atoms with van der Waals surface area (Å²) in [6, 6.07) is 11.3. The average Bonchev–Trinajstić information content (AvgIpc) is 2.88. The summed E-state index contributed by atoms with van der Waals surface area (Å²) >= 11 is 9.55. The van der Waals surface area contributed by atoms with E-state index in [4.69, 9.17) is 16.3 Å². The van der Waals surface area contributed by atoms with E-state index in [0.717, 1.165) is 27.8 Å². The highest BCUT2D eigenvalue weighted by Crippen LogP contribution is 2.34. The van der Waals surface area contributed by atoms with E-state index in [1.54, 1.807) is 6.07 Å². The Labute approximate surface area is 125 Å². The summed E-state index contributed by atoms with van der Waals surface area (Å²) in [5.41, 5.74) is 2.68. The summed E-state index contributed by atoms with van der Waals surface area (Å²) in [6.45, 7) is 0.715. The van der Waals surface area contributed by atoms with Crippen LogP contribution in [-0.4, -0.2) is 11.7 Å². The summed E-state index contributed by atoms with van der Waals surface area (Å²) in [5, 5.41) is 11.0. The molecule has 0 spiro atoms. The van der Waals surface area contributed by atoms with Crippen LogP contribution < -0.4 is 4.74 Å². The SMILES string of the molecule is O[C@@H](c1ccc2c(c1)CCO2)c1cc(Br)ccc1Cl. The molecule has 0 radical (unpaired) electrons. The standard InChI is InChI=1S/C15H12BrClO2/c16-11-2-3-13(17)12(8-11)15(18)10-1-4-14-9(7-10)5-6-19-14/h1-4,7-8,15,18H,5-6H2/t15-/m0/s1. The van der Waals surface area contributed by atoms with Crippen molar-refractivity contribution in [2.75, 3.05) is 6.61 Å². The first-order valence-electron chi connectivity index (χ1n) is 6.04. The lowest BCUT2D eigenvalue weighted by Crippen LogP contribution is -2.01. The Hall–Kier alpha value is -1.03. The van der Waals surface area contributed by atoms with Gasteiger partial charge in [0.2, 0.25) is 0 Å². The Bertz CT molecular complexity index is 628. The Balaban J connectivity index is 1.99. The molecule has 0 aromatic heterocycles. The van der Waals surface area contributed by atoms with Crippen molar-refractivity contribution >= 4 is 27.5 Å². The predicted octanol–water partition coefficient (Wildman–Crippen LogP) is 4.12. The molecular formula is C15H12BrClO2. The van der Waals surface area contributed by atoms with Crippen LogP contribution in [0.25, 0.3) is 0 Å². The number of aliphatic hydroxyl groups excluding tert-OH is 1. The summed E-state index contributed by atoms with van der Waals surface area (Å²) in [5.74, 6) is 0.913. The summed E-state index contributed by atoms with van der Waals surface area (Å²) in [6.07, 6.45) is 0.165. The summed E-state index contributed by atoms with van der Waals surface area (Å²) in [7, 11) is 0. The zero-order valence-corrected chi connectivity index (χ0v) is 12.4. The number of halogens is 2. The first kappa shape index (κ1) is 13.0. The van der Waals surface area contributed by atoms with Gasteiger partial charge in [0.25, 0.3) is 0 Å². The molecule has 2 nitrogen and oxygen atoms in total. The summed E-state index contributed by atoms with van der Waals surface area (Å²) in [4.78, 5) is 0. The third kappa shape index (κ3) is 2.50. The zero-order valence-electron chi connectivity index (χ0n) is 10.1. The minimum Gasteiger partial charge on any atom is -0.493 e. The maximum Gasteiger partial charge on any atom is 0.122 e. The highest BCUT2D eigenvalue weighted by atomic mass is 79.9. The Morgan fingerprint density at radius 1 is 1.21 bits per heavy atom. The van der Waals surface area contributed by atoms with Gasteiger partial charge in [-0.1, -0.05) is 33.6 Å². The molecule has 0 bridgehead atoms. The number of hydrogen-bond donors (Lipinski definition) is 1. The monoisotopic (exact) mass is 338 g/mol. The molecule has 98 valence electrons. The summed E-state index contributed by atoms with van der Waals surface area (Å²) < 4.78 is 6.37. The molecular weight excluding hydrogens is 328 g/mol. The number of benzene rings is 2. The first-order chi connectivity index (χ1) is 9.15. The van der Waals surface area contributed by atoms with Gasteiger partial charge in [-0.2, -0.15) is 0 Å². The zero-order chi connectivity index (χ0) is 13.4. The van der Waals surface area contributed by atoms with Crippen LogP contribution in [0.5, 0.6) is 5.75 Å². The molecule has 19 heavy (non-hydrogen) atoms. The molecule has 1 heterocycles. The van der Waals surface area contributed by atoms with Crippen LogP contribution in [0.1, 0.15) is 22.8 Å². The van der Waals surface area contributed by atoms with Gasteiger partial charge in [-0.05, 0) is 41.5 Å². The molecule has 0 saturated carbocycles. The number of ether oxygens (including phenoxy) is 1. The molecule has 1 aliphatic heterocycles. The van der Waals surface area contributed by atoms with Crippen molar-refractivity contribution in [2.45, 2.75) is 12.5 Å². The maximum atomic E-state index is 10.5. The molecule has 2 aromatic rings. The lowest BCUT2D eigenvalue weighted by atomic mass is 9.99. The molecule has 0 amide bonds. The number of fused-ring (bicyclic) bond motifs is 1. The van der Waals surface area contributed by atoms with Crippen molar-refractivity contribution in [3.8, 4) is 5.75 Å². The minimum absolute atomic E-state index is 0.562. The quantitative estimate of drug-likeness (QED) is 0.892. The van der Waals surface area contributed by atoms with Gasteiger partial charge in [-0.3, -0.25) is 0 Å². The van der Waals surface area contributed by atoms with Gasteiger partial charge in [-0.15, -0.1) is 0 Å². The first-order valence-corrected chi connectivity index (χ1v) is 7.21. The van der Waals surface area contributed by atoms with Crippen molar-refractivity contribution in [3.05, 3.63) is 62.6 Å². The van der Waals surface area contributed by atoms with Crippen molar-refractivity contribution in [3.63, 3.8) is 0 Å². The second-order valence-electron chi connectivity index (χ2n) is 4.53. The molecule has 0 fully saturated rings. The van der Waals surface area contributed by atoms with Gasteiger partial charge in [-0.25, -0.2) is 0 Å². The molecule has 0 aliphatic carbocycles. The van der Waals surface area contributed by atoms with Gasteiger partial charge in [0, 0.05) is 21.5 Å². The molecule has 1 aliphatic rings. The fourth-order valence-corrected chi connectivity index (χ4v) is 2.88. The average molecular weight is 340 g/mol. The molecule has 3 rings (SSSR count). The Morgan fingerprint density at radius 2 is 2.05 bits per heavy atom. The van der Waals surface area contributed by atoms with E-state index in [0.29, 0.717) is 17.2 Å². The topological polar surface area (TPSA) is 29.5 Å². The van der Waals surface area contributed by atoms with E-state index in [9.17, 15) is 5.11 Å². The van der Waals surface area contributed by atoms with Gasteiger partial charge in [0.15, 0.2) is 0 Å². The lowest BCUT2D eigenvalue weighted by Gasteiger charge is -2.14. The van der Waals surface area contributed by atoms with Crippen molar-refractivity contribution in [1.29, 1.82) is 0 Å². The van der Waals surface area contributed by atoms with E-state index in [-0.39, 0.29) is 0 Å². The van der Waals surface area contributed by atoms with Crippen LogP contribution in [0.3, 0.4) is 0 Å². The van der Waals surface area contributed by atoms with Crippen LogP contribution in [0.15, 0.2) is 40.9 Å². The number of aliphatic hydroxyl groups is 1. The second-order valence-corrected chi connectivity index (χ2v) is 5.86. The third-order valence-corrected chi connectivity index (χ3v) is 4.12. The number of rotatable bonds is 2. The van der Waals surface area contributed by atoms with Crippen LogP contribution >= 0.6 is 27.5 Å². The molecule has 0 saturated heterocycles. The van der Waals surface area contributed by atoms with Gasteiger partial charge in [0.05, 0.1) is 6.61 Å². The van der Waals surface area contributed by atoms with Gasteiger partial charge in [0.1, 0.15) is 11.9 Å². The predicted molar refractivity (Wildman–Crippen MR) is 78.9 cm³/mol. The lowest BCUT2D eigenvalue weighted by molar-refractivity contribution is 0.220. The van der Waals surface area contributed by atoms with E-state index in [2.05, 4.69) is 15.9 Å². The maximum absolute atomic E-state index is 10.5. The minimum atomic E-state index is -0.726. The molecule has 1 N–H and O–H groups in total. The van der Waals surface area contributed by atoms with E-state index in [1.165, 1.54) is 0 Å². The van der Waals surface area contributed by atoms with Crippen molar-refractivity contribution in [2.24, 2.45) is 0 Å². The normalized spacial score (nSPS) is 14.9.